The van der Waals surface area contributed by atoms with Gasteiger partial charge in [-0.25, -0.2) is 27.2 Å². The molecule has 0 radical (unpaired) electrons. The quantitative estimate of drug-likeness (QED) is 0.369. The summed E-state index contributed by atoms with van der Waals surface area (Å²) >= 11 is 1.37. The molecule has 0 aliphatic carbocycles. The fourth-order valence-corrected chi connectivity index (χ4v) is 5.76. The average Bonchev–Trinajstić information content (AvgIpc) is 3.45. The second-order valence-electron chi connectivity index (χ2n) is 7.61. The van der Waals surface area contributed by atoms with Gasteiger partial charge in [0.1, 0.15) is 5.82 Å². The molecule has 0 amide bonds. The number of nitrogens with zero attached hydrogens (tertiary/aromatic N) is 3. The summed E-state index contributed by atoms with van der Waals surface area (Å²) in [5.41, 5.74) is 4.83. The lowest BCUT2D eigenvalue weighted by Gasteiger charge is -2.17. The van der Waals surface area contributed by atoms with Crippen molar-refractivity contribution >= 4 is 42.5 Å². The van der Waals surface area contributed by atoms with Crippen molar-refractivity contribution in [3.05, 3.63) is 83.8 Å². The number of hydrogen-bond donors (Lipinski definition) is 2. The van der Waals surface area contributed by atoms with Gasteiger partial charge < -0.3 is 5.11 Å². The summed E-state index contributed by atoms with van der Waals surface area (Å²) in [7, 11) is -3.82. The van der Waals surface area contributed by atoms with Gasteiger partial charge in [0.05, 0.1) is 44.6 Å². The number of aromatic nitrogens is 3. The number of aliphatic hydroxyl groups excluding tert-OH is 1. The molecule has 5 aromatic rings. The van der Waals surface area contributed by atoms with Crippen LogP contribution >= 0.6 is 11.3 Å². The molecular formula is C23H19FN4O3S2. The summed E-state index contributed by atoms with van der Waals surface area (Å²) in [5, 5.41) is 15.1. The van der Waals surface area contributed by atoms with E-state index < -0.39 is 16.1 Å². The molecule has 0 fully saturated rings. The van der Waals surface area contributed by atoms with Crippen LogP contribution in [0.15, 0.2) is 77.3 Å². The molecule has 1 atom stereocenters. The van der Waals surface area contributed by atoms with E-state index in [1.807, 2.05) is 18.2 Å². The summed E-state index contributed by atoms with van der Waals surface area (Å²) in [6.07, 6.45) is 2.00. The number of fused-ring (bicyclic) bond motifs is 2. The third-order valence-electron chi connectivity index (χ3n) is 5.34. The Hall–Kier alpha value is -3.18. The number of nitrogens with one attached hydrogen (secondary N) is 1. The Morgan fingerprint density at radius 1 is 1.09 bits per heavy atom. The van der Waals surface area contributed by atoms with Crippen LogP contribution < -0.4 is 4.72 Å². The molecule has 0 saturated carbocycles. The van der Waals surface area contributed by atoms with Crippen molar-refractivity contribution in [1.82, 2.24) is 19.5 Å². The lowest BCUT2D eigenvalue weighted by atomic mass is 10.1. The highest BCUT2D eigenvalue weighted by atomic mass is 32.2. The van der Waals surface area contributed by atoms with Gasteiger partial charge in [-0.05, 0) is 66.6 Å². The number of benzene rings is 3. The number of hydrogen-bond acceptors (Lipinski definition) is 6. The Kier molecular flexibility index (Phi) is 5.67. The van der Waals surface area contributed by atoms with Crippen molar-refractivity contribution in [1.29, 1.82) is 0 Å². The second kappa shape index (κ2) is 8.64. The highest BCUT2D eigenvalue weighted by Crippen LogP contribution is 2.23. The fraction of sp³-hybridized carbons (Fsp3) is 0.130. The van der Waals surface area contributed by atoms with Crippen LogP contribution in [0.2, 0.25) is 0 Å². The van der Waals surface area contributed by atoms with E-state index in [9.17, 15) is 17.9 Å². The zero-order valence-corrected chi connectivity index (χ0v) is 18.9. The van der Waals surface area contributed by atoms with Crippen LogP contribution in [0, 0.1) is 5.82 Å². The Morgan fingerprint density at radius 2 is 1.91 bits per heavy atom. The minimum atomic E-state index is -3.82. The summed E-state index contributed by atoms with van der Waals surface area (Å²) in [4.78, 5) is 4.30. The third kappa shape index (κ3) is 4.38. The molecular weight excluding hydrogens is 463 g/mol. The van der Waals surface area contributed by atoms with E-state index in [0.29, 0.717) is 6.42 Å². The van der Waals surface area contributed by atoms with Crippen LogP contribution in [0.1, 0.15) is 5.56 Å². The lowest BCUT2D eigenvalue weighted by Crippen LogP contribution is -2.39. The molecule has 0 spiro atoms. The van der Waals surface area contributed by atoms with Crippen molar-refractivity contribution in [3.8, 4) is 5.69 Å². The molecule has 0 aliphatic rings. The van der Waals surface area contributed by atoms with E-state index in [1.54, 1.807) is 40.7 Å². The zero-order valence-electron chi connectivity index (χ0n) is 17.2. The molecule has 0 aliphatic heterocycles. The standard InChI is InChI=1S/C23H19FN4O3S2/c24-17-2-4-19(5-3-17)28-22-8-1-15(9-16(22)12-26-28)10-18(13-29)27-33(30,31)20-6-7-21-23(11-20)32-14-25-21/h1-9,11-12,14,18,27,29H,10,13H2. The first-order valence-electron chi connectivity index (χ1n) is 10.1. The molecule has 5 rings (SSSR count). The van der Waals surface area contributed by atoms with Gasteiger partial charge in [0.2, 0.25) is 10.0 Å². The Morgan fingerprint density at radius 3 is 2.70 bits per heavy atom. The van der Waals surface area contributed by atoms with Crippen molar-refractivity contribution < 1.29 is 17.9 Å². The van der Waals surface area contributed by atoms with Crippen LogP contribution in [0.25, 0.3) is 26.8 Å². The lowest BCUT2D eigenvalue weighted by molar-refractivity contribution is 0.256. The molecule has 10 heteroatoms. The van der Waals surface area contributed by atoms with Gasteiger partial charge >= 0.3 is 0 Å². The second-order valence-corrected chi connectivity index (χ2v) is 10.2. The first kappa shape index (κ1) is 21.7. The summed E-state index contributed by atoms with van der Waals surface area (Å²) in [6.45, 7) is -0.352. The van der Waals surface area contributed by atoms with E-state index in [2.05, 4.69) is 14.8 Å². The van der Waals surface area contributed by atoms with Crippen molar-refractivity contribution in [3.63, 3.8) is 0 Å². The number of rotatable bonds is 7. The van der Waals surface area contributed by atoms with Gasteiger partial charge in [0.15, 0.2) is 0 Å². The van der Waals surface area contributed by atoms with Gasteiger partial charge in [-0.15, -0.1) is 11.3 Å². The molecule has 2 aromatic heterocycles. The maximum absolute atomic E-state index is 13.2. The van der Waals surface area contributed by atoms with Crippen molar-refractivity contribution in [2.45, 2.75) is 17.4 Å². The Labute approximate surface area is 193 Å². The predicted octanol–water partition coefficient (Wildman–Crippen LogP) is 3.66. The van der Waals surface area contributed by atoms with Gasteiger partial charge in [-0.2, -0.15) is 5.10 Å². The molecule has 7 nitrogen and oxygen atoms in total. The molecule has 1 unspecified atom stereocenters. The first-order valence-corrected chi connectivity index (χ1v) is 12.5. The van der Waals surface area contributed by atoms with Gasteiger partial charge in [-0.1, -0.05) is 6.07 Å². The van der Waals surface area contributed by atoms with E-state index in [0.717, 1.165) is 32.4 Å². The van der Waals surface area contributed by atoms with E-state index in [1.165, 1.54) is 29.5 Å². The van der Waals surface area contributed by atoms with Crippen LogP contribution in [-0.2, 0) is 16.4 Å². The Bertz CT molecular complexity index is 1550. The highest BCUT2D eigenvalue weighted by Gasteiger charge is 2.21. The number of thiazole rings is 1. The maximum Gasteiger partial charge on any atom is 0.240 e. The number of halogens is 1. The molecule has 0 bridgehead atoms. The van der Waals surface area contributed by atoms with Crippen LogP contribution in [-0.4, -0.2) is 40.9 Å². The van der Waals surface area contributed by atoms with Crippen molar-refractivity contribution in [2.24, 2.45) is 0 Å². The minimum absolute atomic E-state index is 0.133. The van der Waals surface area contributed by atoms with Crippen molar-refractivity contribution in [2.75, 3.05) is 6.61 Å². The molecule has 0 saturated heterocycles. The molecule has 2 heterocycles. The van der Waals surface area contributed by atoms with Gasteiger partial charge in [0, 0.05) is 11.4 Å². The summed E-state index contributed by atoms with van der Waals surface area (Å²) in [6, 6.07) is 15.8. The van der Waals surface area contributed by atoms with E-state index >= 15 is 0 Å². The largest absolute Gasteiger partial charge is 0.395 e. The molecule has 2 N–H and O–H groups in total. The zero-order chi connectivity index (χ0) is 23.0. The third-order valence-corrected chi connectivity index (χ3v) is 7.65. The van der Waals surface area contributed by atoms with Gasteiger partial charge in [0.25, 0.3) is 0 Å². The summed E-state index contributed by atoms with van der Waals surface area (Å²) in [5.74, 6) is -0.318. The first-order chi connectivity index (χ1) is 15.9. The monoisotopic (exact) mass is 482 g/mol. The highest BCUT2D eigenvalue weighted by molar-refractivity contribution is 7.89. The van der Waals surface area contributed by atoms with Crippen LogP contribution in [0.5, 0.6) is 0 Å². The predicted molar refractivity (Wildman–Crippen MR) is 126 cm³/mol. The normalized spacial score (nSPS) is 13.0. The topological polar surface area (TPSA) is 97.1 Å². The number of aliphatic hydroxyl groups is 1. The van der Waals surface area contributed by atoms with E-state index in [-0.39, 0.29) is 17.3 Å². The Balaban J connectivity index is 1.36. The molecule has 168 valence electrons. The summed E-state index contributed by atoms with van der Waals surface area (Å²) < 4.78 is 44.1. The smallest absolute Gasteiger partial charge is 0.240 e. The SMILES string of the molecule is O=S(=O)(NC(CO)Cc1ccc2c(cnn2-c2ccc(F)cc2)c1)c1ccc2ncsc2c1. The minimum Gasteiger partial charge on any atom is -0.395 e. The van der Waals surface area contributed by atoms with Crippen LogP contribution in [0.4, 0.5) is 4.39 Å². The number of sulfonamides is 1. The molecule has 3 aromatic carbocycles. The fourth-order valence-electron chi connectivity index (χ4n) is 3.72. The maximum atomic E-state index is 13.2. The average molecular weight is 483 g/mol. The van der Waals surface area contributed by atoms with E-state index in [4.69, 9.17) is 0 Å². The van der Waals surface area contributed by atoms with Gasteiger partial charge in [-0.3, -0.25) is 0 Å². The molecule has 33 heavy (non-hydrogen) atoms. The van der Waals surface area contributed by atoms with Crippen LogP contribution in [0.3, 0.4) is 0 Å².